The highest BCUT2D eigenvalue weighted by molar-refractivity contribution is 5.89. The van der Waals surface area contributed by atoms with Crippen molar-refractivity contribution in [1.29, 1.82) is 0 Å². The molecule has 0 bridgehead atoms. The number of halogens is 1. The Balaban J connectivity index is 1.95. The quantitative estimate of drug-likeness (QED) is 0.506. The largest absolute Gasteiger partial charge is 0.362 e. The number of rotatable bonds is 5. The molecule has 0 radical (unpaired) electrons. The molecule has 0 spiro atoms. The molecule has 28 heavy (non-hydrogen) atoms. The average molecular weight is 379 g/mol. The minimum atomic E-state index is -0.229. The van der Waals surface area contributed by atoms with Gasteiger partial charge in [0.2, 0.25) is 0 Å². The highest BCUT2D eigenvalue weighted by Gasteiger charge is 2.31. The van der Waals surface area contributed by atoms with Gasteiger partial charge in [-0.3, -0.25) is 4.99 Å². The predicted octanol–water partition coefficient (Wildman–Crippen LogP) is 7.11. The van der Waals surface area contributed by atoms with Crippen molar-refractivity contribution in [2.24, 2.45) is 4.99 Å². The molecule has 0 atom stereocenters. The molecule has 1 aliphatic heterocycles. The summed E-state index contributed by atoms with van der Waals surface area (Å²) in [5, 5.41) is 0. The SMILES string of the molecule is CCCN1c2cc(F)c(C=Nc3ccc(C(C)C)cc3)cc2C(C)=CC1(C)C. The van der Waals surface area contributed by atoms with E-state index in [1.54, 1.807) is 12.3 Å². The van der Waals surface area contributed by atoms with Gasteiger partial charge in [0.05, 0.1) is 11.2 Å². The molecule has 2 aromatic carbocycles. The number of anilines is 1. The predicted molar refractivity (Wildman–Crippen MR) is 120 cm³/mol. The summed E-state index contributed by atoms with van der Waals surface area (Å²) in [4.78, 5) is 6.79. The Morgan fingerprint density at radius 3 is 2.43 bits per heavy atom. The second kappa shape index (κ2) is 7.90. The van der Waals surface area contributed by atoms with Crippen LogP contribution in [-0.4, -0.2) is 18.3 Å². The van der Waals surface area contributed by atoms with Gasteiger partial charge in [0.15, 0.2) is 0 Å². The zero-order chi connectivity index (χ0) is 20.5. The maximum Gasteiger partial charge on any atom is 0.134 e. The maximum atomic E-state index is 14.9. The first-order valence-electron chi connectivity index (χ1n) is 10.2. The molecule has 3 rings (SSSR count). The first kappa shape index (κ1) is 20.3. The van der Waals surface area contributed by atoms with Gasteiger partial charge in [0.25, 0.3) is 0 Å². The summed E-state index contributed by atoms with van der Waals surface area (Å²) in [5.74, 6) is 0.258. The summed E-state index contributed by atoms with van der Waals surface area (Å²) in [5.41, 5.74) is 5.76. The number of aliphatic imine (C=N–C) groups is 1. The molecular formula is C25H31FN2. The van der Waals surface area contributed by atoms with Crippen molar-refractivity contribution in [3.05, 3.63) is 65.0 Å². The van der Waals surface area contributed by atoms with Crippen LogP contribution in [0.25, 0.3) is 5.57 Å². The van der Waals surface area contributed by atoms with Crippen molar-refractivity contribution in [3.63, 3.8) is 0 Å². The van der Waals surface area contributed by atoms with Crippen LogP contribution in [-0.2, 0) is 0 Å². The van der Waals surface area contributed by atoms with Crippen LogP contribution in [0.5, 0.6) is 0 Å². The Morgan fingerprint density at radius 2 is 1.82 bits per heavy atom. The van der Waals surface area contributed by atoms with Gasteiger partial charge in [0, 0.05) is 29.6 Å². The molecular weight excluding hydrogens is 347 g/mol. The van der Waals surface area contributed by atoms with E-state index in [-0.39, 0.29) is 11.4 Å². The van der Waals surface area contributed by atoms with Gasteiger partial charge in [-0.2, -0.15) is 0 Å². The molecule has 3 heteroatoms. The monoisotopic (exact) mass is 378 g/mol. The van der Waals surface area contributed by atoms with E-state index in [9.17, 15) is 4.39 Å². The van der Waals surface area contributed by atoms with Gasteiger partial charge in [-0.15, -0.1) is 0 Å². The van der Waals surface area contributed by atoms with Gasteiger partial charge in [0.1, 0.15) is 5.82 Å². The lowest BCUT2D eigenvalue weighted by Crippen LogP contribution is -2.45. The summed E-state index contributed by atoms with van der Waals surface area (Å²) in [6.45, 7) is 13.9. The molecule has 2 aromatic rings. The number of nitrogens with zero attached hydrogens (tertiary/aromatic N) is 2. The highest BCUT2D eigenvalue weighted by atomic mass is 19.1. The molecule has 148 valence electrons. The molecule has 0 saturated carbocycles. The lowest BCUT2D eigenvalue weighted by Gasteiger charge is -2.43. The van der Waals surface area contributed by atoms with Crippen LogP contribution in [0.15, 0.2) is 47.5 Å². The van der Waals surface area contributed by atoms with E-state index >= 15 is 0 Å². The van der Waals surface area contributed by atoms with Crippen molar-refractivity contribution in [3.8, 4) is 0 Å². The fraction of sp³-hybridized carbons (Fsp3) is 0.400. The number of allylic oxidation sites excluding steroid dienone is 1. The van der Waals surface area contributed by atoms with Crippen LogP contribution in [0.4, 0.5) is 15.8 Å². The van der Waals surface area contributed by atoms with Gasteiger partial charge >= 0.3 is 0 Å². The summed E-state index contributed by atoms with van der Waals surface area (Å²) >= 11 is 0. The van der Waals surface area contributed by atoms with Crippen molar-refractivity contribution >= 4 is 23.2 Å². The number of hydrogen-bond acceptors (Lipinski definition) is 2. The van der Waals surface area contributed by atoms with E-state index < -0.39 is 0 Å². The standard InChI is InChI=1S/C25H31FN2/c1-7-12-28-24-14-23(26)20(13-22(24)18(4)15-25(28,5)6)16-27-21-10-8-19(9-11-21)17(2)3/h8-11,13-17H,7,12H2,1-6H3. The normalized spacial score (nSPS) is 15.9. The van der Waals surface area contributed by atoms with Gasteiger partial charge < -0.3 is 4.90 Å². The molecule has 0 N–H and O–H groups in total. The molecule has 1 aliphatic rings. The van der Waals surface area contributed by atoms with Crippen LogP contribution in [0.2, 0.25) is 0 Å². The molecule has 0 fully saturated rings. The molecule has 0 amide bonds. The molecule has 0 aliphatic carbocycles. The fourth-order valence-electron chi connectivity index (χ4n) is 3.94. The van der Waals surface area contributed by atoms with E-state index in [4.69, 9.17) is 0 Å². The van der Waals surface area contributed by atoms with Crippen molar-refractivity contribution in [1.82, 2.24) is 0 Å². The number of hydrogen-bond donors (Lipinski definition) is 0. The fourth-order valence-corrected chi connectivity index (χ4v) is 3.94. The second-order valence-corrected chi connectivity index (χ2v) is 8.53. The molecule has 1 heterocycles. The van der Waals surface area contributed by atoms with Crippen LogP contribution < -0.4 is 4.90 Å². The minimum Gasteiger partial charge on any atom is -0.362 e. The third-order valence-electron chi connectivity index (χ3n) is 5.46. The minimum absolute atomic E-state index is 0.118. The van der Waals surface area contributed by atoms with Crippen molar-refractivity contribution in [2.45, 2.75) is 59.4 Å². The zero-order valence-electron chi connectivity index (χ0n) is 17.9. The van der Waals surface area contributed by atoms with Crippen LogP contribution >= 0.6 is 0 Å². The first-order valence-corrected chi connectivity index (χ1v) is 10.2. The lowest BCUT2D eigenvalue weighted by atomic mass is 9.87. The molecule has 0 saturated heterocycles. The van der Waals surface area contributed by atoms with E-state index in [1.807, 2.05) is 18.2 Å². The Labute approximate surface area is 168 Å². The Morgan fingerprint density at radius 1 is 1.14 bits per heavy atom. The summed E-state index contributed by atoms with van der Waals surface area (Å²) < 4.78 is 14.9. The van der Waals surface area contributed by atoms with E-state index in [1.165, 1.54) is 11.1 Å². The van der Waals surface area contributed by atoms with E-state index in [0.29, 0.717) is 11.5 Å². The molecule has 0 unspecified atom stereocenters. The van der Waals surface area contributed by atoms with E-state index in [0.717, 1.165) is 29.9 Å². The summed E-state index contributed by atoms with van der Waals surface area (Å²) in [7, 11) is 0. The van der Waals surface area contributed by atoms with Crippen LogP contribution in [0.1, 0.15) is 70.6 Å². The second-order valence-electron chi connectivity index (χ2n) is 8.53. The number of benzene rings is 2. The zero-order valence-corrected chi connectivity index (χ0v) is 17.9. The molecule has 2 nitrogen and oxygen atoms in total. The van der Waals surface area contributed by atoms with Gasteiger partial charge in [-0.1, -0.05) is 39.0 Å². The Bertz CT molecular complexity index is 905. The van der Waals surface area contributed by atoms with Crippen LogP contribution in [0, 0.1) is 5.82 Å². The summed E-state index contributed by atoms with van der Waals surface area (Å²) in [6, 6.07) is 11.7. The Hall–Kier alpha value is -2.42. The molecule has 0 aromatic heterocycles. The maximum absolute atomic E-state index is 14.9. The Kier molecular flexibility index (Phi) is 5.74. The lowest BCUT2D eigenvalue weighted by molar-refractivity contribution is 0.546. The van der Waals surface area contributed by atoms with Gasteiger partial charge in [-0.05, 0) is 68.5 Å². The van der Waals surface area contributed by atoms with E-state index in [2.05, 4.69) is 69.6 Å². The third kappa shape index (κ3) is 4.04. The summed E-state index contributed by atoms with van der Waals surface area (Å²) in [6.07, 6.45) is 4.93. The first-order chi connectivity index (χ1) is 13.2. The third-order valence-corrected chi connectivity index (χ3v) is 5.46. The van der Waals surface area contributed by atoms with Crippen molar-refractivity contribution in [2.75, 3.05) is 11.4 Å². The average Bonchev–Trinajstić information content (AvgIpc) is 2.63. The smallest absolute Gasteiger partial charge is 0.134 e. The number of fused-ring (bicyclic) bond motifs is 1. The van der Waals surface area contributed by atoms with Crippen molar-refractivity contribution < 1.29 is 4.39 Å². The topological polar surface area (TPSA) is 15.6 Å². The van der Waals surface area contributed by atoms with Crippen LogP contribution in [0.3, 0.4) is 0 Å². The highest BCUT2D eigenvalue weighted by Crippen LogP contribution is 2.40. The van der Waals surface area contributed by atoms with Gasteiger partial charge in [-0.25, -0.2) is 4.39 Å².